The number of fused-ring (bicyclic) bond motifs is 1. The van der Waals surface area contributed by atoms with Crippen LogP contribution >= 0.6 is 0 Å². The van der Waals surface area contributed by atoms with Gasteiger partial charge in [0, 0.05) is 11.6 Å². The van der Waals surface area contributed by atoms with Gasteiger partial charge in [0.25, 0.3) is 0 Å². The summed E-state index contributed by atoms with van der Waals surface area (Å²) in [6, 6.07) is 9.73. The molecule has 0 atom stereocenters. The number of para-hydroxylation sites is 1. The lowest BCUT2D eigenvalue weighted by Crippen LogP contribution is -1.95. The summed E-state index contributed by atoms with van der Waals surface area (Å²) < 4.78 is 5.56. The van der Waals surface area contributed by atoms with E-state index in [0.29, 0.717) is 6.61 Å². The predicted molar refractivity (Wildman–Crippen MR) is 63.5 cm³/mol. The van der Waals surface area contributed by atoms with Crippen LogP contribution in [0.2, 0.25) is 0 Å². The second kappa shape index (κ2) is 5.28. The molecule has 1 aromatic carbocycles. The van der Waals surface area contributed by atoms with Gasteiger partial charge in [-0.3, -0.25) is 4.98 Å². The Kier molecular flexibility index (Phi) is 3.51. The van der Waals surface area contributed by atoms with E-state index in [2.05, 4.69) is 4.98 Å². The molecular weight excluding hydrogens is 202 g/mol. The normalized spacial score (nSPS) is 11.1. The first kappa shape index (κ1) is 10.6. The minimum absolute atomic E-state index is 0.0388. The van der Waals surface area contributed by atoms with Crippen LogP contribution in [-0.2, 0) is 0 Å². The zero-order valence-electron chi connectivity index (χ0n) is 8.84. The summed E-state index contributed by atoms with van der Waals surface area (Å²) in [6.45, 7) is 0.480. The van der Waals surface area contributed by atoms with Crippen molar-refractivity contribution < 1.29 is 9.84 Å². The van der Waals surface area contributed by atoms with E-state index < -0.39 is 0 Å². The first-order valence-corrected chi connectivity index (χ1v) is 5.14. The number of hydrogen-bond acceptors (Lipinski definition) is 3. The van der Waals surface area contributed by atoms with Crippen LogP contribution in [-0.4, -0.2) is 23.3 Å². The molecule has 0 amide bonds. The number of aliphatic hydroxyl groups excluding tert-OH is 1. The molecule has 3 heteroatoms. The molecule has 0 unspecified atom stereocenters. The molecule has 16 heavy (non-hydrogen) atoms. The van der Waals surface area contributed by atoms with Crippen LogP contribution in [0.15, 0.2) is 48.7 Å². The van der Waals surface area contributed by atoms with Crippen molar-refractivity contribution >= 4 is 10.9 Å². The van der Waals surface area contributed by atoms with Crippen LogP contribution in [0.4, 0.5) is 0 Å². The number of aliphatic hydroxyl groups is 1. The van der Waals surface area contributed by atoms with E-state index in [1.54, 1.807) is 18.3 Å². The Hall–Kier alpha value is -1.87. The van der Waals surface area contributed by atoms with Crippen LogP contribution in [0.5, 0.6) is 5.75 Å². The van der Waals surface area contributed by atoms with Gasteiger partial charge < -0.3 is 9.84 Å². The first-order valence-electron chi connectivity index (χ1n) is 5.14. The van der Waals surface area contributed by atoms with Crippen molar-refractivity contribution in [3.05, 3.63) is 48.7 Å². The number of rotatable bonds is 4. The van der Waals surface area contributed by atoms with E-state index >= 15 is 0 Å². The van der Waals surface area contributed by atoms with Crippen molar-refractivity contribution in [2.45, 2.75) is 0 Å². The van der Waals surface area contributed by atoms with E-state index in [0.717, 1.165) is 16.7 Å². The topological polar surface area (TPSA) is 42.4 Å². The maximum atomic E-state index is 8.58. The average molecular weight is 215 g/mol. The van der Waals surface area contributed by atoms with E-state index in [9.17, 15) is 0 Å². The van der Waals surface area contributed by atoms with Gasteiger partial charge in [-0.05, 0) is 18.2 Å². The molecule has 1 heterocycles. The number of pyridine rings is 1. The molecule has 1 aromatic heterocycles. The first-order chi connectivity index (χ1) is 7.92. The molecule has 2 rings (SSSR count). The molecule has 0 fully saturated rings. The Morgan fingerprint density at radius 3 is 2.94 bits per heavy atom. The molecule has 0 bridgehead atoms. The molecule has 0 radical (unpaired) electrons. The highest BCUT2D eigenvalue weighted by molar-refractivity contribution is 5.84. The molecular formula is C13H13NO2. The number of benzene rings is 1. The van der Waals surface area contributed by atoms with Gasteiger partial charge in [0.15, 0.2) is 0 Å². The average Bonchev–Trinajstić information content (AvgIpc) is 2.35. The lowest BCUT2D eigenvalue weighted by atomic mass is 10.2. The van der Waals surface area contributed by atoms with Gasteiger partial charge in [0.2, 0.25) is 0 Å². The van der Waals surface area contributed by atoms with Crippen LogP contribution in [0.25, 0.3) is 10.9 Å². The largest absolute Gasteiger partial charge is 0.487 e. The van der Waals surface area contributed by atoms with Gasteiger partial charge in [-0.15, -0.1) is 0 Å². The molecule has 0 aliphatic heterocycles. The lowest BCUT2D eigenvalue weighted by molar-refractivity contribution is 0.337. The minimum atomic E-state index is 0.0388. The van der Waals surface area contributed by atoms with Crippen molar-refractivity contribution in [3.8, 4) is 5.75 Å². The third-order valence-corrected chi connectivity index (χ3v) is 2.20. The molecule has 82 valence electrons. The zero-order chi connectivity index (χ0) is 11.2. The van der Waals surface area contributed by atoms with Crippen molar-refractivity contribution in [2.75, 3.05) is 13.2 Å². The second-order valence-corrected chi connectivity index (χ2v) is 3.30. The van der Waals surface area contributed by atoms with E-state index in [1.165, 1.54) is 0 Å². The van der Waals surface area contributed by atoms with Crippen molar-refractivity contribution in [1.82, 2.24) is 4.98 Å². The quantitative estimate of drug-likeness (QED) is 0.795. The third-order valence-electron chi connectivity index (χ3n) is 2.20. The molecule has 0 saturated heterocycles. The van der Waals surface area contributed by atoms with Gasteiger partial charge in [0.1, 0.15) is 17.9 Å². The Morgan fingerprint density at radius 2 is 2.06 bits per heavy atom. The maximum absolute atomic E-state index is 8.58. The fraction of sp³-hybridized carbons (Fsp3) is 0.154. The molecule has 0 spiro atoms. The Balaban J connectivity index is 2.20. The summed E-state index contributed by atoms with van der Waals surface area (Å²) in [5.41, 5.74) is 0.863. The second-order valence-electron chi connectivity index (χ2n) is 3.30. The van der Waals surface area contributed by atoms with E-state index in [4.69, 9.17) is 9.84 Å². The standard InChI is InChI=1S/C13H13NO2/c15-9-1-2-10-16-12-7-3-5-11-6-4-8-14-13(11)12/h1-8,15H,9-10H2/b2-1+. The van der Waals surface area contributed by atoms with Gasteiger partial charge in [-0.25, -0.2) is 0 Å². The Morgan fingerprint density at radius 1 is 1.19 bits per heavy atom. The fourth-order valence-electron chi connectivity index (χ4n) is 1.47. The number of aromatic nitrogens is 1. The minimum Gasteiger partial charge on any atom is -0.487 e. The molecule has 1 N–H and O–H groups in total. The van der Waals surface area contributed by atoms with Gasteiger partial charge in [0.05, 0.1) is 6.61 Å². The fourth-order valence-corrected chi connectivity index (χ4v) is 1.47. The summed E-state index contributed by atoms with van der Waals surface area (Å²) in [5.74, 6) is 0.765. The lowest BCUT2D eigenvalue weighted by Gasteiger charge is -2.05. The third kappa shape index (κ3) is 2.38. The van der Waals surface area contributed by atoms with E-state index in [1.807, 2.05) is 30.3 Å². The molecule has 0 aliphatic rings. The highest BCUT2D eigenvalue weighted by atomic mass is 16.5. The van der Waals surface area contributed by atoms with E-state index in [-0.39, 0.29) is 6.61 Å². The van der Waals surface area contributed by atoms with Gasteiger partial charge in [-0.2, -0.15) is 0 Å². The summed E-state index contributed by atoms with van der Waals surface area (Å²) in [4.78, 5) is 4.28. The highest BCUT2D eigenvalue weighted by Crippen LogP contribution is 2.22. The summed E-state index contributed by atoms with van der Waals surface area (Å²) in [5, 5.41) is 9.64. The molecule has 0 saturated carbocycles. The van der Waals surface area contributed by atoms with Crippen LogP contribution in [0.1, 0.15) is 0 Å². The molecule has 2 aromatic rings. The number of hydrogen-bond donors (Lipinski definition) is 1. The predicted octanol–water partition coefficient (Wildman–Crippen LogP) is 2.16. The maximum Gasteiger partial charge on any atom is 0.145 e. The SMILES string of the molecule is OC/C=C/COc1cccc2cccnc12. The molecule has 3 nitrogen and oxygen atoms in total. The van der Waals surface area contributed by atoms with Crippen molar-refractivity contribution in [2.24, 2.45) is 0 Å². The van der Waals surface area contributed by atoms with Crippen molar-refractivity contribution in [1.29, 1.82) is 0 Å². The summed E-state index contributed by atoms with van der Waals surface area (Å²) >= 11 is 0. The monoisotopic (exact) mass is 215 g/mol. The van der Waals surface area contributed by atoms with Gasteiger partial charge in [-0.1, -0.05) is 24.3 Å². The van der Waals surface area contributed by atoms with Gasteiger partial charge >= 0.3 is 0 Å². The smallest absolute Gasteiger partial charge is 0.145 e. The Bertz CT molecular complexity index is 489. The number of nitrogens with zero attached hydrogens (tertiary/aromatic N) is 1. The summed E-state index contributed by atoms with van der Waals surface area (Å²) in [6.07, 6.45) is 5.18. The van der Waals surface area contributed by atoms with Crippen LogP contribution in [0, 0.1) is 0 Å². The van der Waals surface area contributed by atoms with Crippen LogP contribution in [0.3, 0.4) is 0 Å². The summed E-state index contributed by atoms with van der Waals surface area (Å²) in [7, 11) is 0. The van der Waals surface area contributed by atoms with Crippen molar-refractivity contribution in [3.63, 3.8) is 0 Å². The Labute approximate surface area is 94.0 Å². The zero-order valence-corrected chi connectivity index (χ0v) is 8.84. The highest BCUT2D eigenvalue weighted by Gasteiger charge is 2.00. The number of ether oxygens (including phenoxy) is 1. The molecule has 0 aliphatic carbocycles. The van der Waals surface area contributed by atoms with Crippen LogP contribution < -0.4 is 4.74 Å².